The van der Waals surface area contributed by atoms with Gasteiger partial charge in [-0.3, -0.25) is 0 Å². The lowest BCUT2D eigenvalue weighted by molar-refractivity contribution is 0.408. The normalized spacial score (nSPS) is 11.7. The summed E-state index contributed by atoms with van der Waals surface area (Å²) in [6, 6.07) is 4.42. The van der Waals surface area contributed by atoms with Crippen LogP contribution in [0.15, 0.2) is 18.2 Å². The van der Waals surface area contributed by atoms with Gasteiger partial charge in [0.25, 0.3) is 0 Å². The van der Waals surface area contributed by atoms with Crippen molar-refractivity contribution in [2.75, 3.05) is 0 Å². The van der Waals surface area contributed by atoms with Crippen LogP contribution in [-0.4, -0.2) is 5.11 Å². The smallest absolute Gasteiger partial charge is 0.130 e. The fourth-order valence-corrected chi connectivity index (χ4v) is 1.36. The molecule has 0 spiro atoms. The van der Waals surface area contributed by atoms with Crippen molar-refractivity contribution >= 4 is 0 Å². The van der Waals surface area contributed by atoms with Crippen molar-refractivity contribution in [1.82, 2.24) is 0 Å². The Bertz CT molecular complexity index is 285. The number of rotatable bonds is 2. The Balaban J connectivity index is 3.28. The second-order valence-corrected chi connectivity index (χ2v) is 3.87. The Kier molecular flexibility index (Phi) is 2.60. The van der Waals surface area contributed by atoms with E-state index in [0.29, 0.717) is 5.56 Å². The summed E-state index contributed by atoms with van der Waals surface area (Å²) in [5, 5.41) is 9.52. The summed E-state index contributed by atoms with van der Waals surface area (Å²) < 4.78 is 13.4. The number of hydrogen-bond donors (Lipinski definition) is 1. The van der Waals surface area contributed by atoms with Crippen molar-refractivity contribution in [3.05, 3.63) is 29.6 Å². The minimum absolute atomic E-state index is 0.0480. The summed E-state index contributed by atoms with van der Waals surface area (Å²) in [7, 11) is 0. The van der Waals surface area contributed by atoms with Crippen LogP contribution in [-0.2, 0) is 5.41 Å². The summed E-state index contributed by atoms with van der Waals surface area (Å²) in [5.41, 5.74) is 0.104. The number of halogens is 1. The van der Waals surface area contributed by atoms with Gasteiger partial charge in [0.1, 0.15) is 11.6 Å². The average Bonchev–Trinajstić information content (AvgIpc) is 2.03. The second-order valence-electron chi connectivity index (χ2n) is 3.87. The van der Waals surface area contributed by atoms with Gasteiger partial charge in [-0.25, -0.2) is 4.39 Å². The highest BCUT2D eigenvalue weighted by molar-refractivity contribution is 5.38. The Morgan fingerprint density at radius 3 is 2.46 bits per heavy atom. The third kappa shape index (κ3) is 1.82. The first-order chi connectivity index (χ1) is 5.99. The average molecular weight is 182 g/mol. The molecule has 1 aromatic rings. The lowest BCUT2D eigenvalue weighted by atomic mass is 9.81. The molecule has 0 bridgehead atoms. The molecule has 1 nitrogen and oxygen atoms in total. The van der Waals surface area contributed by atoms with Crippen LogP contribution in [0.5, 0.6) is 5.75 Å². The third-order valence-corrected chi connectivity index (χ3v) is 2.55. The van der Waals surface area contributed by atoms with Crippen LogP contribution < -0.4 is 0 Å². The number of hydrogen-bond acceptors (Lipinski definition) is 1. The molecular formula is C11H15FO. The highest BCUT2D eigenvalue weighted by Gasteiger charge is 2.25. The Morgan fingerprint density at radius 2 is 2.00 bits per heavy atom. The van der Waals surface area contributed by atoms with Crippen molar-refractivity contribution in [2.24, 2.45) is 0 Å². The zero-order chi connectivity index (χ0) is 10.1. The molecule has 0 aliphatic heterocycles. The first-order valence-corrected chi connectivity index (χ1v) is 4.47. The molecule has 0 unspecified atom stereocenters. The largest absolute Gasteiger partial charge is 0.508 e. The first-order valence-electron chi connectivity index (χ1n) is 4.47. The van der Waals surface area contributed by atoms with E-state index in [0.717, 1.165) is 6.42 Å². The topological polar surface area (TPSA) is 20.2 Å². The monoisotopic (exact) mass is 182 g/mol. The molecule has 1 N–H and O–H groups in total. The third-order valence-electron chi connectivity index (χ3n) is 2.55. The van der Waals surface area contributed by atoms with Crippen molar-refractivity contribution in [3.63, 3.8) is 0 Å². The quantitative estimate of drug-likeness (QED) is 0.744. The van der Waals surface area contributed by atoms with Gasteiger partial charge in [0.05, 0.1) is 0 Å². The van der Waals surface area contributed by atoms with Crippen LogP contribution in [0.3, 0.4) is 0 Å². The predicted molar refractivity (Wildman–Crippen MR) is 51.4 cm³/mol. The molecule has 72 valence electrons. The molecule has 2 heteroatoms. The van der Waals surface area contributed by atoms with Gasteiger partial charge in [-0.1, -0.05) is 26.8 Å². The molecule has 0 amide bonds. The van der Waals surface area contributed by atoms with Gasteiger partial charge < -0.3 is 5.11 Å². The van der Waals surface area contributed by atoms with Crippen LogP contribution in [0, 0.1) is 5.82 Å². The van der Waals surface area contributed by atoms with Gasteiger partial charge >= 0.3 is 0 Å². The standard InChI is InChI=1S/C11H15FO/c1-4-11(2,3)10-8(12)6-5-7-9(10)13/h5-7,13H,4H2,1-3H3. The van der Waals surface area contributed by atoms with Gasteiger partial charge in [-0.2, -0.15) is 0 Å². The zero-order valence-electron chi connectivity index (χ0n) is 8.26. The first kappa shape index (κ1) is 10.0. The summed E-state index contributed by atoms with van der Waals surface area (Å²) in [5.74, 6) is -0.279. The molecule has 0 radical (unpaired) electrons. The van der Waals surface area contributed by atoms with Gasteiger partial charge in [0.2, 0.25) is 0 Å². The van der Waals surface area contributed by atoms with Crippen molar-refractivity contribution in [2.45, 2.75) is 32.6 Å². The summed E-state index contributed by atoms with van der Waals surface area (Å²) in [4.78, 5) is 0. The molecule has 0 aliphatic carbocycles. The van der Waals surface area contributed by atoms with Crippen molar-refractivity contribution < 1.29 is 9.50 Å². The van der Waals surface area contributed by atoms with Crippen molar-refractivity contribution in [3.8, 4) is 5.75 Å². The van der Waals surface area contributed by atoms with Crippen LogP contribution in [0.2, 0.25) is 0 Å². The minimum Gasteiger partial charge on any atom is -0.508 e. The number of phenols is 1. The van der Waals surface area contributed by atoms with E-state index < -0.39 is 0 Å². The maximum absolute atomic E-state index is 13.4. The molecule has 0 saturated carbocycles. The Hall–Kier alpha value is -1.05. The molecule has 1 aromatic carbocycles. The fourth-order valence-electron chi connectivity index (χ4n) is 1.36. The summed E-state index contributed by atoms with van der Waals surface area (Å²) in [6.07, 6.45) is 0.793. The summed E-state index contributed by atoms with van der Waals surface area (Å²) >= 11 is 0. The number of aromatic hydroxyl groups is 1. The zero-order valence-corrected chi connectivity index (χ0v) is 8.26. The molecule has 0 saturated heterocycles. The molecule has 0 aliphatic rings. The van der Waals surface area contributed by atoms with Crippen LogP contribution in [0.4, 0.5) is 4.39 Å². The van der Waals surface area contributed by atoms with Gasteiger partial charge in [0, 0.05) is 5.56 Å². The lowest BCUT2D eigenvalue weighted by Gasteiger charge is -2.24. The lowest BCUT2D eigenvalue weighted by Crippen LogP contribution is -2.17. The van der Waals surface area contributed by atoms with E-state index in [-0.39, 0.29) is 17.0 Å². The highest BCUT2D eigenvalue weighted by Crippen LogP contribution is 2.35. The number of benzene rings is 1. The van der Waals surface area contributed by atoms with E-state index in [1.165, 1.54) is 18.2 Å². The minimum atomic E-state index is -0.327. The maximum Gasteiger partial charge on any atom is 0.130 e. The fraction of sp³-hybridized carbons (Fsp3) is 0.455. The highest BCUT2D eigenvalue weighted by atomic mass is 19.1. The van der Waals surface area contributed by atoms with Crippen LogP contribution in [0.25, 0.3) is 0 Å². The number of phenolic OH excluding ortho intramolecular Hbond substituents is 1. The van der Waals surface area contributed by atoms with Crippen LogP contribution >= 0.6 is 0 Å². The van der Waals surface area contributed by atoms with Gasteiger partial charge in [-0.05, 0) is 24.0 Å². The molecule has 0 atom stereocenters. The SMILES string of the molecule is CCC(C)(C)c1c(O)cccc1F. The van der Waals surface area contributed by atoms with Crippen molar-refractivity contribution in [1.29, 1.82) is 0 Å². The Morgan fingerprint density at radius 1 is 1.38 bits per heavy atom. The summed E-state index contributed by atoms with van der Waals surface area (Å²) in [6.45, 7) is 5.82. The molecule has 0 heterocycles. The van der Waals surface area contributed by atoms with E-state index in [4.69, 9.17) is 0 Å². The van der Waals surface area contributed by atoms with E-state index in [1.807, 2.05) is 20.8 Å². The van der Waals surface area contributed by atoms with Gasteiger partial charge in [-0.15, -0.1) is 0 Å². The predicted octanol–water partition coefficient (Wildman–Crippen LogP) is 3.22. The van der Waals surface area contributed by atoms with E-state index in [2.05, 4.69) is 0 Å². The molecule has 1 rings (SSSR count). The Labute approximate surface area is 78.2 Å². The van der Waals surface area contributed by atoms with Gasteiger partial charge in [0.15, 0.2) is 0 Å². The maximum atomic E-state index is 13.4. The molecule has 0 fully saturated rings. The molecule has 0 aromatic heterocycles. The second kappa shape index (κ2) is 3.36. The molecule has 13 heavy (non-hydrogen) atoms. The van der Waals surface area contributed by atoms with E-state index >= 15 is 0 Å². The van der Waals surface area contributed by atoms with Crippen LogP contribution in [0.1, 0.15) is 32.8 Å². The van der Waals surface area contributed by atoms with E-state index in [9.17, 15) is 9.50 Å². The molecular weight excluding hydrogens is 167 g/mol. The van der Waals surface area contributed by atoms with E-state index in [1.54, 1.807) is 0 Å².